The Morgan fingerprint density at radius 2 is 1.96 bits per heavy atom. The van der Waals surface area contributed by atoms with Gasteiger partial charge in [-0.1, -0.05) is 12.1 Å². The van der Waals surface area contributed by atoms with E-state index >= 15 is 0 Å². The van der Waals surface area contributed by atoms with E-state index in [0.29, 0.717) is 19.6 Å². The molecule has 7 nitrogen and oxygen atoms in total. The second-order valence-corrected chi connectivity index (χ2v) is 7.30. The smallest absolute Gasteiger partial charge is 0.254 e. The van der Waals surface area contributed by atoms with Gasteiger partial charge < -0.3 is 14.5 Å². The fourth-order valence-electron chi connectivity index (χ4n) is 3.96. The predicted octanol–water partition coefficient (Wildman–Crippen LogP) is 1.47. The first-order chi connectivity index (χ1) is 13.5. The number of rotatable bonds is 4. The summed E-state index contributed by atoms with van der Waals surface area (Å²) in [6.07, 6.45) is 2.73. The van der Waals surface area contributed by atoms with Crippen LogP contribution < -0.4 is 0 Å². The van der Waals surface area contributed by atoms with Gasteiger partial charge in [0, 0.05) is 44.4 Å². The maximum absolute atomic E-state index is 13.1. The van der Waals surface area contributed by atoms with Gasteiger partial charge in [-0.05, 0) is 24.6 Å². The van der Waals surface area contributed by atoms with Gasteiger partial charge in [-0.25, -0.2) is 4.39 Å². The minimum absolute atomic E-state index is 0.101. The second kappa shape index (κ2) is 7.35. The van der Waals surface area contributed by atoms with E-state index in [9.17, 15) is 14.0 Å². The minimum Gasteiger partial charge on any atom is -0.356 e. The van der Waals surface area contributed by atoms with Crippen LogP contribution in [-0.4, -0.2) is 63.7 Å². The number of likely N-dealkylation sites (N-methyl/N-ethyl adjacent to an activating group) is 1. The Labute approximate surface area is 162 Å². The van der Waals surface area contributed by atoms with Crippen LogP contribution in [0.4, 0.5) is 4.39 Å². The highest BCUT2D eigenvalue weighted by atomic mass is 19.1. The number of nitrogens with zero attached hydrogens (tertiary/aromatic N) is 4. The molecule has 2 aromatic rings. The SMILES string of the molecule is CCN1C(=O)CO[C@H](C(=O)N2CC(c3ccc(F)cc3)C2)[C@H]1c1cnn(C)c1. The molecule has 2 saturated heterocycles. The summed E-state index contributed by atoms with van der Waals surface area (Å²) in [5, 5.41) is 4.18. The van der Waals surface area contributed by atoms with Gasteiger partial charge in [0.1, 0.15) is 12.4 Å². The quantitative estimate of drug-likeness (QED) is 0.798. The maximum Gasteiger partial charge on any atom is 0.254 e. The highest BCUT2D eigenvalue weighted by Gasteiger charge is 2.45. The molecule has 8 heteroatoms. The van der Waals surface area contributed by atoms with E-state index in [0.717, 1.165) is 11.1 Å². The highest BCUT2D eigenvalue weighted by molar-refractivity contribution is 5.87. The number of halogens is 1. The van der Waals surface area contributed by atoms with E-state index in [1.54, 1.807) is 39.9 Å². The molecule has 0 N–H and O–H groups in total. The van der Waals surface area contributed by atoms with Crippen molar-refractivity contribution in [1.29, 1.82) is 0 Å². The molecule has 0 saturated carbocycles. The van der Waals surface area contributed by atoms with Crippen LogP contribution in [0.2, 0.25) is 0 Å². The number of aromatic nitrogens is 2. The number of hydrogen-bond acceptors (Lipinski definition) is 4. The Hall–Kier alpha value is -2.74. The zero-order valence-corrected chi connectivity index (χ0v) is 15.9. The molecule has 1 aromatic carbocycles. The van der Waals surface area contributed by atoms with Crippen LogP contribution in [0, 0.1) is 5.82 Å². The normalized spacial score (nSPS) is 23.0. The number of ether oxygens (including phenoxy) is 1. The van der Waals surface area contributed by atoms with Crippen molar-refractivity contribution >= 4 is 11.8 Å². The van der Waals surface area contributed by atoms with Crippen molar-refractivity contribution in [2.45, 2.75) is 25.0 Å². The topological polar surface area (TPSA) is 67.7 Å². The van der Waals surface area contributed by atoms with E-state index in [4.69, 9.17) is 4.74 Å². The number of likely N-dealkylation sites (tertiary alicyclic amines) is 1. The molecule has 4 rings (SSSR count). The number of morpholine rings is 1. The monoisotopic (exact) mass is 386 g/mol. The Kier molecular flexibility index (Phi) is 4.89. The van der Waals surface area contributed by atoms with Gasteiger partial charge in [0.2, 0.25) is 5.91 Å². The van der Waals surface area contributed by atoms with Crippen LogP contribution in [0.3, 0.4) is 0 Å². The number of hydrogen-bond donors (Lipinski definition) is 0. The molecule has 2 aliphatic heterocycles. The van der Waals surface area contributed by atoms with E-state index in [2.05, 4.69) is 5.10 Å². The number of aryl methyl sites for hydroxylation is 1. The summed E-state index contributed by atoms with van der Waals surface area (Å²) < 4.78 is 20.5. The average Bonchev–Trinajstić information content (AvgIpc) is 3.07. The third kappa shape index (κ3) is 3.28. The van der Waals surface area contributed by atoms with E-state index in [-0.39, 0.29) is 30.2 Å². The molecule has 1 aromatic heterocycles. The zero-order valence-electron chi connectivity index (χ0n) is 15.9. The fourth-order valence-corrected chi connectivity index (χ4v) is 3.96. The summed E-state index contributed by atoms with van der Waals surface area (Å²) in [5.41, 5.74) is 1.80. The third-order valence-corrected chi connectivity index (χ3v) is 5.51. The van der Waals surface area contributed by atoms with Gasteiger partial charge in [0.15, 0.2) is 6.10 Å². The largest absolute Gasteiger partial charge is 0.356 e. The fraction of sp³-hybridized carbons (Fsp3) is 0.450. The van der Waals surface area contributed by atoms with Crippen LogP contribution in [0.5, 0.6) is 0 Å². The van der Waals surface area contributed by atoms with Crippen LogP contribution in [0.1, 0.15) is 30.0 Å². The van der Waals surface area contributed by atoms with Crippen molar-refractivity contribution in [3.05, 3.63) is 53.6 Å². The zero-order chi connectivity index (χ0) is 19.8. The van der Waals surface area contributed by atoms with E-state index in [1.165, 1.54) is 12.1 Å². The molecule has 2 amide bonds. The first-order valence-electron chi connectivity index (χ1n) is 9.41. The minimum atomic E-state index is -0.754. The van der Waals surface area contributed by atoms with Crippen LogP contribution >= 0.6 is 0 Å². The Morgan fingerprint density at radius 1 is 1.25 bits per heavy atom. The maximum atomic E-state index is 13.1. The first kappa shape index (κ1) is 18.6. The number of carbonyl (C=O) groups excluding carboxylic acids is 2. The van der Waals surface area contributed by atoms with Gasteiger partial charge in [-0.3, -0.25) is 14.3 Å². The van der Waals surface area contributed by atoms with Crippen molar-refractivity contribution in [3.8, 4) is 0 Å². The van der Waals surface area contributed by atoms with Crippen molar-refractivity contribution in [3.63, 3.8) is 0 Å². The summed E-state index contributed by atoms with van der Waals surface area (Å²) in [4.78, 5) is 28.9. The molecule has 3 heterocycles. The van der Waals surface area contributed by atoms with Crippen LogP contribution in [0.25, 0.3) is 0 Å². The molecule has 0 bridgehead atoms. The van der Waals surface area contributed by atoms with Crippen molar-refractivity contribution < 1.29 is 18.7 Å². The standard InChI is InChI=1S/C20H23FN4O3/c1-3-25-17(26)12-28-19(18(25)14-8-22-23(2)9-14)20(27)24-10-15(11-24)13-4-6-16(21)7-5-13/h4-9,15,18-19H,3,10-12H2,1-2H3/t18-,19+/m1/s1. The summed E-state index contributed by atoms with van der Waals surface area (Å²) in [7, 11) is 1.80. The van der Waals surface area contributed by atoms with Crippen molar-refractivity contribution in [2.75, 3.05) is 26.2 Å². The summed E-state index contributed by atoms with van der Waals surface area (Å²) in [6.45, 7) is 3.40. The predicted molar refractivity (Wildman–Crippen MR) is 98.8 cm³/mol. The Morgan fingerprint density at radius 3 is 2.57 bits per heavy atom. The first-order valence-corrected chi connectivity index (χ1v) is 9.41. The van der Waals surface area contributed by atoms with Gasteiger partial charge in [0.05, 0.1) is 12.2 Å². The third-order valence-electron chi connectivity index (χ3n) is 5.51. The number of amides is 2. The van der Waals surface area contributed by atoms with Gasteiger partial charge in [-0.15, -0.1) is 0 Å². The molecule has 2 aliphatic rings. The molecular weight excluding hydrogens is 363 g/mol. The molecule has 0 spiro atoms. The number of carbonyl (C=O) groups is 2. The molecule has 28 heavy (non-hydrogen) atoms. The molecular formula is C20H23FN4O3. The second-order valence-electron chi connectivity index (χ2n) is 7.30. The van der Waals surface area contributed by atoms with Gasteiger partial charge >= 0.3 is 0 Å². The summed E-state index contributed by atoms with van der Waals surface area (Å²) in [5.74, 6) is -0.337. The lowest BCUT2D eigenvalue weighted by Crippen LogP contribution is -2.59. The van der Waals surface area contributed by atoms with Crippen LogP contribution in [0.15, 0.2) is 36.7 Å². The van der Waals surface area contributed by atoms with Gasteiger partial charge in [0.25, 0.3) is 5.91 Å². The Balaban J connectivity index is 1.51. The van der Waals surface area contributed by atoms with E-state index in [1.807, 2.05) is 13.1 Å². The lowest BCUT2D eigenvalue weighted by Gasteiger charge is -2.45. The molecule has 2 fully saturated rings. The molecule has 0 aliphatic carbocycles. The average molecular weight is 386 g/mol. The van der Waals surface area contributed by atoms with Crippen LogP contribution in [-0.2, 0) is 21.4 Å². The highest BCUT2D eigenvalue weighted by Crippen LogP contribution is 2.34. The lowest BCUT2D eigenvalue weighted by atomic mass is 9.90. The van der Waals surface area contributed by atoms with Gasteiger partial charge in [-0.2, -0.15) is 5.10 Å². The molecule has 0 radical (unpaired) electrons. The number of benzene rings is 1. The lowest BCUT2D eigenvalue weighted by molar-refractivity contribution is -0.171. The Bertz CT molecular complexity index is 876. The van der Waals surface area contributed by atoms with Crippen molar-refractivity contribution in [1.82, 2.24) is 19.6 Å². The molecule has 148 valence electrons. The molecule has 0 unspecified atom stereocenters. The van der Waals surface area contributed by atoms with E-state index < -0.39 is 12.1 Å². The van der Waals surface area contributed by atoms with Crippen molar-refractivity contribution in [2.24, 2.45) is 7.05 Å². The summed E-state index contributed by atoms with van der Waals surface area (Å²) in [6, 6.07) is 5.90. The molecule has 2 atom stereocenters. The summed E-state index contributed by atoms with van der Waals surface area (Å²) >= 11 is 0.